The normalized spacial score (nSPS) is 9.78. The van der Waals surface area contributed by atoms with E-state index in [-0.39, 0.29) is 5.91 Å². The van der Waals surface area contributed by atoms with Gasteiger partial charge in [-0.25, -0.2) is 0 Å². The second-order valence-electron chi connectivity index (χ2n) is 4.88. The maximum absolute atomic E-state index is 12.1. The lowest BCUT2D eigenvalue weighted by Gasteiger charge is -2.11. The fourth-order valence-electron chi connectivity index (χ4n) is 2.22. The van der Waals surface area contributed by atoms with Crippen LogP contribution in [0, 0.1) is 11.3 Å². The number of methoxy groups -OCH3 is 2. The summed E-state index contributed by atoms with van der Waals surface area (Å²) in [5.74, 6) is 1.30. The predicted octanol–water partition coefficient (Wildman–Crippen LogP) is 2.55. The first kappa shape index (κ1) is 16.4. The molecule has 0 heterocycles. The van der Waals surface area contributed by atoms with E-state index in [1.54, 1.807) is 38.5 Å². The summed E-state index contributed by atoms with van der Waals surface area (Å²) < 4.78 is 10.5. The SMILES string of the molecule is COc1ccc(OC)c(CCNC(=O)c2cccc(C#N)c2)c1. The minimum absolute atomic E-state index is 0.205. The Morgan fingerprint density at radius 3 is 2.70 bits per heavy atom. The van der Waals surface area contributed by atoms with Crippen molar-refractivity contribution in [1.82, 2.24) is 5.32 Å². The van der Waals surface area contributed by atoms with E-state index in [1.807, 2.05) is 24.3 Å². The molecule has 0 saturated carbocycles. The van der Waals surface area contributed by atoms with Gasteiger partial charge in [-0.05, 0) is 48.4 Å². The van der Waals surface area contributed by atoms with Crippen molar-refractivity contribution in [3.63, 3.8) is 0 Å². The first-order chi connectivity index (χ1) is 11.2. The van der Waals surface area contributed by atoms with E-state index in [9.17, 15) is 4.79 Å². The number of amides is 1. The first-order valence-corrected chi connectivity index (χ1v) is 7.17. The second-order valence-corrected chi connectivity index (χ2v) is 4.88. The van der Waals surface area contributed by atoms with Gasteiger partial charge < -0.3 is 14.8 Å². The van der Waals surface area contributed by atoms with Gasteiger partial charge in [0.25, 0.3) is 5.91 Å². The molecule has 0 atom stereocenters. The fraction of sp³-hybridized carbons (Fsp3) is 0.222. The topological polar surface area (TPSA) is 71.3 Å². The minimum atomic E-state index is -0.205. The maximum Gasteiger partial charge on any atom is 0.251 e. The van der Waals surface area contributed by atoms with Crippen LogP contribution in [0.5, 0.6) is 11.5 Å². The van der Waals surface area contributed by atoms with Crippen molar-refractivity contribution in [3.05, 3.63) is 59.2 Å². The highest BCUT2D eigenvalue weighted by Gasteiger charge is 2.08. The van der Waals surface area contributed by atoms with Crippen LogP contribution in [-0.4, -0.2) is 26.7 Å². The molecule has 118 valence electrons. The zero-order valence-electron chi connectivity index (χ0n) is 13.1. The zero-order valence-corrected chi connectivity index (χ0v) is 13.1. The van der Waals surface area contributed by atoms with E-state index < -0.39 is 0 Å². The predicted molar refractivity (Wildman–Crippen MR) is 86.7 cm³/mol. The Kier molecular flexibility index (Phi) is 5.59. The molecule has 5 nitrogen and oxygen atoms in total. The number of ether oxygens (including phenoxy) is 2. The van der Waals surface area contributed by atoms with Gasteiger partial charge in [-0.3, -0.25) is 4.79 Å². The number of carbonyl (C=O) groups is 1. The van der Waals surface area contributed by atoms with Gasteiger partial charge in [-0.1, -0.05) is 6.07 Å². The summed E-state index contributed by atoms with van der Waals surface area (Å²) >= 11 is 0. The molecule has 0 radical (unpaired) electrons. The van der Waals surface area contributed by atoms with E-state index in [1.165, 1.54) is 0 Å². The summed E-state index contributed by atoms with van der Waals surface area (Å²) in [6.45, 7) is 0.457. The van der Waals surface area contributed by atoms with Crippen molar-refractivity contribution < 1.29 is 14.3 Å². The van der Waals surface area contributed by atoms with E-state index >= 15 is 0 Å². The molecule has 0 fully saturated rings. The Labute approximate surface area is 135 Å². The molecule has 1 amide bonds. The summed E-state index contributed by atoms with van der Waals surface area (Å²) in [5, 5.41) is 11.7. The van der Waals surface area contributed by atoms with Gasteiger partial charge in [-0.15, -0.1) is 0 Å². The largest absolute Gasteiger partial charge is 0.497 e. The number of hydrogen-bond acceptors (Lipinski definition) is 4. The lowest BCUT2D eigenvalue weighted by Crippen LogP contribution is -2.25. The molecule has 23 heavy (non-hydrogen) atoms. The van der Waals surface area contributed by atoms with Crippen molar-refractivity contribution in [2.45, 2.75) is 6.42 Å². The van der Waals surface area contributed by atoms with Crippen LogP contribution in [0.25, 0.3) is 0 Å². The Hall–Kier alpha value is -3.00. The number of rotatable bonds is 6. The molecule has 0 unspecified atom stereocenters. The third-order valence-electron chi connectivity index (χ3n) is 3.42. The van der Waals surface area contributed by atoms with Gasteiger partial charge >= 0.3 is 0 Å². The first-order valence-electron chi connectivity index (χ1n) is 7.17. The van der Waals surface area contributed by atoms with Gasteiger partial charge in [0.1, 0.15) is 11.5 Å². The molecule has 0 aliphatic heterocycles. The van der Waals surface area contributed by atoms with E-state index in [4.69, 9.17) is 14.7 Å². The van der Waals surface area contributed by atoms with Crippen LogP contribution in [0.15, 0.2) is 42.5 Å². The molecular formula is C18H18N2O3. The van der Waals surface area contributed by atoms with Crippen LogP contribution in [0.1, 0.15) is 21.5 Å². The van der Waals surface area contributed by atoms with E-state index in [0.717, 1.165) is 17.1 Å². The highest BCUT2D eigenvalue weighted by Crippen LogP contribution is 2.24. The third-order valence-corrected chi connectivity index (χ3v) is 3.42. The third kappa shape index (κ3) is 4.24. The minimum Gasteiger partial charge on any atom is -0.497 e. The summed E-state index contributed by atoms with van der Waals surface area (Å²) in [6.07, 6.45) is 0.615. The van der Waals surface area contributed by atoms with Crippen molar-refractivity contribution in [1.29, 1.82) is 5.26 Å². The standard InChI is InChI=1S/C18H18N2O3/c1-22-16-6-7-17(23-2)14(11-16)8-9-20-18(21)15-5-3-4-13(10-15)12-19/h3-7,10-11H,8-9H2,1-2H3,(H,20,21). The van der Waals surface area contributed by atoms with Crippen LogP contribution in [0.4, 0.5) is 0 Å². The Bertz CT molecular complexity index is 735. The molecule has 0 aliphatic carbocycles. The van der Waals surface area contributed by atoms with Crippen molar-refractivity contribution in [3.8, 4) is 17.6 Å². The van der Waals surface area contributed by atoms with Crippen LogP contribution in [0.2, 0.25) is 0 Å². The van der Waals surface area contributed by atoms with Gasteiger partial charge in [0.15, 0.2) is 0 Å². The smallest absolute Gasteiger partial charge is 0.251 e. The highest BCUT2D eigenvalue weighted by atomic mass is 16.5. The molecule has 5 heteroatoms. The van der Waals surface area contributed by atoms with Crippen molar-refractivity contribution >= 4 is 5.91 Å². The molecule has 0 saturated heterocycles. The van der Waals surface area contributed by atoms with Crippen LogP contribution < -0.4 is 14.8 Å². The Morgan fingerprint density at radius 1 is 1.17 bits per heavy atom. The van der Waals surface area contributed by atoms with Gasteiger partial charge in [0.05, 0.1) is 25.9 Å². The molecule has 0 aliphatic rings. The molecule has 1 N–H and O–H groups in total. The van der Waals surface area contributed by atoms with Crippen LogP contribution in [-0.2, 0) is 6.42 Å². The van der Waals surface area contributed by atoms with Gasteiger partial charge in [-0.2, -0.15) is 5.26 Å². The number of nitriles is 1. The number of carbonyl (C=O) groups excluding carboxylic acids is 1. The van der Waals surface area contributed by atoms with Gasteiger partial charge in [0, 0.05) is 12.1 Å². The number of nitrogens with zero attached hydrogens (tertiary/aromatic N) is 1. The quantitative estimate of drug-likeness (QED) is 0.890. The van der Waals surface area contributed by atoms with Crippen molar-refractivity contribution in [2.75, 3.05) is 20.8 Å². The molecular weight excluding hydrogens is 292 g/mol. The second kappa shape index (κ2) is 7.85. The van der Waals surface area contributed by atoms with Gasteiger partial charge in [0.2, 0.25) is 0 Å². The highest BCUT2D eigenvalue weighted by molar-refractivity contribution is 5.94. The Balaban J connectivity index is 1.99. The molecule has 2 aromatic carbocycles. The molecule has 0 spiro atoms. The lowest BCUT2D eigenvalue weighted by molar-refractivity contribution is 0.0954. The lowest BCUT2D eigenvalue weighted by atomic mass is 10.1. The molecule has 2 aromatic rings. The summed E-state index contributed by atoms with van der Waals surface area (Å²) in [6, 6.07) is 14.2. The molecule has 0 bridgehead atoms. The van der Waals surface area contributed by atoms with Crippen molar-refractivity contribution in [2.24, 2.45) is 0 Å². The average molecular weight is 310 g/mol. The number of nitrogens with one attached hydrogen (secondary N) is 1. The van der Waals surface area contributed by atoms with Crippen LogP contribution in [0.3, 0.4) is 0 Å². The summed E-state index contributed by atoms with van der Waals surface area (Å²) in [7, 11) is 3.22. The number of benzene rings is 2. The zero-order chi connectivity index (χ0) is 16.7. The maximum atomic E-state index is 12.1. The van der Waals surface area contributed by atoms with E-state index in [2.05, 4.69) is 5.32 Å². The Morgan fingerprint density at radius 2 is 2.00 bits per heavy atom. The fourth-order valence-corrected chi connectivity index (χ4v) is 2.22. The molecule has 0 aromatic heterocycles. The molecule has 2 rings (SSSR count). The summed E-state index contributed by atoms with van der Waals surface area (Å²) in [5.41, 5.74) is 1.90. The monoisotopic (exact) mass is 310 g/mol. The summed E-state index contributed by atoms with van der Waals surface area (Å²) in [4.78, 5) is 12.1. The van der Waals surface area contributed by atoms with E-state index in [0.29, 0.717) is 24.1 Å². The van der Waals surface area contributed by atoms with Crippen LogP contribution >= 0.6 is 0 Å². The average Bonchev–Trinajstić information content (AvgIpc) is 2.61. The number of hydrogen-bond donors (Lipinski definition) is 1.